The Labute approximate surface area is 162 Å². The number of nitrogen functional groups attached to an aromatic ring is 1. The molecule has 0 saturated carbocycles. The van der Waals surface area contributed by atoms with E-state index >= 15 is 0 Å². The Balaban J connectivity index is 0.00000225. The van der Waals surface area contributed by atoms with Gasteiger partial charge in [0.25, 0.3) is 5.91 Å². The minimum atomic E-state index is -0.135. The van der Waals surface area contributed by atoms with Crippen LogP contribution in [0.25, 0.3) is 0 Å². The molecule has 136 valence electrons. The Morgan fingerprint density at radius 1 is 1.44 bits per heavy atom. The van der Waals surface area contributed by atoms with Gasteiger partial charge in [-0.3, -0.25) is 4.79 Å². The van der Waals surface area contributed by atoms with Gasteiger partial charge >= 0.3 is 0 Å². The minimum Gasteiger partial charge on any atom is -0.496 e. The van der Waals surface area contributed by atoms with E-state index in [0.29, 0.717) is 35.1 Å². The fourth-order valence-electron chi connectivity index (χ4n) is 2.84. The largest absolute Gasteiger partial charge is 0.496 e. The summed E-state index contributed by atoms with van der Waals surface area (Å²) in [5.41, 5.74) is 7.68. The molecule has 1 aromatic heterocycles. The molecule has 8 heteroatoms. The van der Waals surface area contributed by atoms with E-state index in [0.717, 1.165) is 5.56 Å². The third-order valence-electron chi connectivity index (χ3n) is 4.01. The van der Waals surface area contributed by atoms with Crippen molar-refractivity contribution in [3.63, 3.8) is 0 Å². The van der Waals surface area contributed by atoms with Gasteiger partial charge in [-0.1, -0.05) is 11.6 Å². The maximum absolute atomic E-state index is 13.0. The maximum Gasteiger partial charge on any atom is 0.257 e. The first-order valence-corrected chi connectivity index (χ1v) is 8.91. The van der Waals surface area contributed by atoms with Gasteiger partial charge in [0.2, 0.25) is 0 Å². The fourth-order valence-corrected chi connectivity index (χ4v) is 3.70. The number of hydrogen-bond donors (Lipinski definition) is 1. The van der Waals surface area contributed by atoms with E-state index < -0.39 is 0 Å². The molecule has 0 bridgehead atoms. The van der Waals surface area contributed by atoms with Crippen LogP contribution in [0.4, 0.5) is 5.69 Å². The van der Waals surface area contributed by atoms with Gasteiger partial charge in [0.1, 0.15) is 11.9 Å². The number of nitrogens with zero attached hydrogens (tertiary/aromatic N) is 1. The Morgan fingerprint density at radius 2 is 2.20 bits per heavy atom. The molecule has 2 heterocycles. The number of morpholine rings is 1. The van der Waals surface area contributed by atoms with Crippen LogP contribution in [0.3, 0.4) is 0 Å². The van der Waals surface area contributed by atoms with Gasteiger partial charge in [0, 0.05) is 12.6 Å². The molecular formula is C17H20Cl2N2O3S. The van der Waals surface area contributed by atoms with Crippen molar-refractivity contribution in [2.45, 2.75) is 19.1 Å². The molecule has 1 saturated heterocycles. The van der Waals surface area contributed by atoms with Gasteiger partial charge in [-0.05, 0) is 35.4 Å². The number of halogens is 2. The highest BCUT2D eigenvalue weighted by molar-refractivity contribution is 7.07. The third kappa shape index (κ3) is 4.20. The molecule has 2 atom stereocenters. The lowest BCUT2D eigenvalue weighted by Crippen LogP contribution is -2.46. The maximum atomic E-state index is 13.0. The van der Waals surface area contributed by atoms with E-state index in [4.69, 9.17) is 26.8 Å². The lowest BCUT2D eigenvalue weighted by Gasteiger charge is -2.37. The fraction of sp³-hybridized carbons (Fsp3) is 0.353. The number of nitrogens with two attached hydrogens (primary N) is 1. The van der Waals surface area contributed by atoms with Crippen LogP contribution in [0.15, 0.2) is 29.0 Å². The molecule has 1 aromatic carbocycles. The van der Waals surface area contributed by atoms with Crippen LogP contribution in [-0.4, -0.2) is 37.1 Å². The van der Waals surface area contributed by atoms with Crippen molar-refractivity contribution in [3.8, 4) is 5.75 Å². The molecule has 1 aliphatic rings. The first-order chi connectivity index (χ1) is 11.5. The lowest BCUT2D eigenvalue weighted by molar-refractivity contribution is -0.0690. The van der Waals surface area contributed by atoms with E-state index in [2.05, 4.69) is 0 Å². The monoisotopic (exact) mass is 402 g/mol. The topological polar surface area (TPSA) is 64.8 Å². The number of hydrogen-bond acceptors (Lipinski definition) is 5. The number of ether oxygens (including phenoxy) is 2. The smallest absolute Gasteiger partial charge is 0.257 e. The Hall–Kier alpha value is -1.47. The first-order valence-electron chi connectivity index (χ1n) is 7.59. The summed E-state index contributed by atoms with van der Waals surface area (Å²) in [5, 5.41) is 4.40. The second-order valence-corrected chi connectivity index (χ2v) is 6.96. The van der Waals surface area contributed by atoms with Crippen molar-refractivity contribution in [3.05, 3.63) is 45.1 Å². The summed E-state index contributed by atoms with van der Waals surface area (Å²) in [6.45, 7) is 2.97. The van der Waals surface area contributed by atoms with Gasteiger partial charge < -0.3 is 20.1 Å². The molecule has 0 aliphatic carbocycles. The zero-order valence-corrected chi connectivity index (χ0v) is 16.3. The van der Waals surface area contributed by atoms with Crippen LogP contribution >= 0.6 is 35.3 Å². The highest BCUT2D eigenvalue weighted by Crippen LogP contribution is 2.32. The Morgan fingerprint density at radius 3 is 2.84 bits per heavy atom. The molecule has 2 unspecified atom stereocenters. The van der Waals surface area contributed by atoms with Gasteiger partial charge in [-0.2, -0.15) is 11.3 Å². The Kier molecular flexibility index (Phi) is 6.57. The second kappa shape index (κ2) is 8.27. The molecule has 2 aromatic rings. The number of rotatable bonds is 3. The number of anilines is 1. The molecule has 1 fully saturated rings. The van der Waals surface area contributed by atoms with Crippen LogP contribution in [0, 0.1) is 0 Å². The first kappa shape index (κ1) is 19.8. The minimum absolute atomic E-state index is 0. The van der Waals surface area contributed by atoms with Crippen LogP contribution in [0.1, 0.15) is 28.9 Å². The molecule has 2 N–H and O–H groups in total. The molecule has 3 rings (SSSR count). The van der Waals surface area contributed by atoms with Crippen LogP contribution in [0.5, 0.6) is 5.75 Å². The molecular weight excluding hydrogens is 383 g/mol. The highest BCUT2D eigenvalue weighted by Gasteiger charge is 2.31. The van der Waals surface area contributed by atoms with Gasteiger partial charge in [-0.25, -0.2) is 0 Å². The number of carbonyl (C=O) groups excluding carboxylic acids is 1. The zero-order valence-electron chi connectivity index (χ0n) is 13.9. The van der Waals surface area contributed by atoms with Crippen molar-refractivity contribution in [1.29, 1.82) is 0 Å². The SMILES string of the molecule is COc1cc(N)c(Cl)cc1C(=O)N1CC(C)OC(c2ccsc2)C1.Cl. The summed E-state index contributed by atoms with van der Waals surface area (Å²) in [6, 6.07) is 5.17. The van der Waals surface area contributed by atoms with Crippen molar-refractivity contribution in [2.24, 2.45) is 0 Å². The normalized spacial score (nSPS) is 20.0. The second-order valence-electron chi connectivity index (χ2n) is 5.78. The zero-order chi connectivity index (χ0) is 17.3. The molecule has 0 spiro atoms. The van der Waals surface area contributed by atoms with Gasteiger partial charge in [0.05, 0.1) is 36.0 Å². The Bertz CT molecular complexity index is 740. The number of amides is 1. The molecule has 25 heavy (non-hydrogen) atoms. The lowest BCUT2D eigenvalue weighted by atomic mass is 10.1. The van der Waals surface area contributed by atoms with Crippen LogP contribution < -0.4 is 10.5 Å². The van der Waals surface area contributed by atoms with Crippen molar-refractivity contribution in [1.82, 2.24) is 4.90 Å². The average molecular weight is 403 g/mol. The van der Waals surface area contributed by atoms with Gasteiger partial charge in [0.15, 0.2) is 0 Å². The summed E-state index contributed by atoms with van der Waals surface area (Å²) in [4.78, 5) is 14.8. The van der Waals surface area contributed by atoms with Crippen molar-refractivity contribution in [2.75, 3.05) is 25.9 Å². The summed E-state index contributed by atoms with van der Waals surface area (Å²) in [5.74, 6) is 0.289. The van der Waals surface area contributed by atoms with E-state index in [9.17, 15) is 4.79 Å². The molecule has 1 aliphatic heterocycles. The quantitative estimate of drug-likeness (QED) is 0.787. The van der Waals surface area contributed by atoms with E-state index in [1.807, 2.05) is 23.8 Å². The average Bonchev–Trinajstić information content (AvgIpc) is 3.10. The number of benzene rings is 1. The summed E-state index contributed by atoms with van der Waals surface area (Å²) in [7, 11) is 1.51. The highest BCUT2D eigenvalue weighted by atomic mass is 35.5. The molecule has 1 amide bonds. The number of methoxy groups -OCH3 is 1. The van der Waals surface area contributed by atoms with Crippen molar-refractivity contribution >= 4 is 46.9 Å². The summed E-state index contributed by atoms with van der Waals surface area (Å²) >= 11 is 7.71. The standard InChI is InChI=1S/C17H19ClN2O3S.ClH/c1-10-7-20(8-16(23-10)11-3-4-24-9-11)17(21)12-5-13(18)14(19)6-15(12)22-2;/h3-6,9-10,16H,7-8,19H2,1-2H3;1H. The number of carbonyl (C=O) groups is 1. The summed E-state index contributed by atoms with van der Waals surface area (Å²) < 4.78 is 11.3. The molecule has 0 radical (unpaired) electrons. The molecule has 5 nitrogen and oxygen atoms in total. The predicted octanol–water partition coefficient (Wildman–Crippen LogP) is 4.02. The predicted molar refractivity (Wildman–Crippen MR) is 103 cm³/mol. The number of thiophene rings is 1. The summed E-state index contributed by atoms with van der Waals surface area (Å²) in [6.07, 6.45) is -0.179. The third-order valence-corrected chi connectivity index (χ3v) is 5.04. The van der Waals surface area contributed by atoms with E-state index in [1.54, 1.807) is 28.4 Å². The van der Waals surface area contributed by atoms with E-state index in [1.165, 1.54) is 7.11 Å². The van der Waals surface area contributed by atoms with Crippen LogP contribution in [-0.2, 0) is 4.74 Å². The van der Waals surface area contributed by atoms with Crippen molar-refractivity contribution < 1.29 is 14.3 Å². The van der Waals surface area contributed by atoms with E-state index in [-0.39, 0.29) is 30.5 Å². The van der Waals surface area contributed by atoms with Gasteiger partial charge in [-0.15, -0.1) is 12.4 Å². The van der Waals surface area contributed by atoms with Crippen LogP contribution in [0.2, 0.25) is 5.02 Å².